The molecule has 1 N–H and O–H groups in total. The van der Waals surface area contributed by atoms with Gasteiger partial charge in [-0.05, 0) is 53.4 Å². The average Bonchev–Trinajstić information content (AvgIpc) is 2.66. The zero-order valence-electron chi connectivity index (χ0n) is 19.3. The zero-order valence-corrected chi connectivity index (χ0v) is 20.3. The van der Waals surface area contributed by atoms with Crippen LogP contribution in [0.5, 0.6) is 0 Å². The van der Waals surface area contributed by atoms with Gasteiger partial charge in [0.25, 0.3) is 0 Å². The Morgan fingerprint density at radius 2 is 1.52 bits per heavy atom. The van der Waals surface area contributed by atoms with Gasteiger partial charge in [-0.1, -0.05) is 47.6 Å². The fourth-order valence-corrected chi connectivity index (χ4v) is 9.91. The molecular weight excluding hydrogens is 419 g/mol. The van der Waals surface area contributed by atoms with Crippen molar-refractivity contribution in [2.24, 2.45) is 0 Å². The molecule has 0 saturated heterocycles. The van der Waals surface area contributed by atoms with Gasteiger partial charge in [0.1, 0.15) is 5.82 Å². The predicted octanol–water partition coefficient (Wildman–Crippen LogP) is 7.53. The van der Waals surface area contributed by atoms with Crippen LogP contribution < -0.4 is 5.32 Å². The normalized spacial score (nSPS) is 12.2. The highest BCUT2D eigenvalue weighted by Crippen LogP contribution is 2.42. The second-order valence-corrected chi connectivity index (χ2v) is 14.4. The van der Waals surface area contributed by atoms with Gasteiger partial charge in [-0.25, -0.2) is 13.2 Å². The molecule has 0 saturated carbocycles. The number of hydrogen-bond donors (Lipinski definition) is 1. The highest BCUT2D eigenvalue weighted by molar-refractivity contribution is 6.77. The molecule has 3 nitrogen and oxygen atoms in total. The molecule has 0 fully saturated rings. The Balaban J connectivity index is 2.40. The number of hydrogen-bond acceptors (Lipinski definition) is 3. The molecule has 7 heteroatoms. The number of anilines is 2. The summed E-state index contributed by atoms with van der Waals surface area (Å²) in [7, 11) is -2.32. The lowest BCUT2D eigenvalue weighted by Crippen LogP contribution is -2.48. The quantitative estimate of drug-likeness (QED) is 0.316. The van der Waals surface area contributed by atoms with Crippen LogP contribution in [0.1, 0.15) is 57.5 Å². The highest BCUT2D eigenvalue weighted by atomic mass is 28.4. The van der Waals surface area contributed by atoms with E-state index >= 15 is 0 Å². The third kappa shape index (κ3) is 5.21. The number of ketones is 1. The topological polar surface area (TPSA) is 38.3 Å². The molecule has 0 heterocycles. The van der Waals surface area contributed by atoms with Gasteiger partial charge in [-0.15, -0.1) is 0 Å². The number of carbonyl (C=O) groups excluding carboxylic acids is 1. The second-order valence-electron chi connectivity index (χ2n) is 8.92. The van der Waals surface area contributed by atoms with Crippen molar-refractivity contribution < 1.29 is 22.4 Å². The molecule has 0 unspecified atom stereocenters. The zero-order chi connectivity index (χ0) is 23.5. The number of rotatable bonds is 9. The van der Waals surface area contributed by atoms with Gasteiger partial charge in [0.05, 0.1) is 18.0 Å². The van der Waals surface area contributed by atoms with Crippen molar-refractivity contribution in [2.75, 3.05) is 11.9 Å². The largest absolute Gasteiger partial charge is 0.408 e. The molecule has 0 radical (unpaired) electrons. The number of halogens is 3. The lowest BCUT2D eigenvalue weighted by atomic mass is 10.1. The van der Waals surface area contributed by atoms with E-state index in [4.69, 9.17) is 4.43 Å². The van der Waals surface area contributed by atoms with Crippen molar-refractivity contribution in [1.29, 1.82) is 0 Å². The fraction of sp³-hybridized carbons (Fsp3) is 0.458. The van der Waals surface area contributed by atoms with Crippen LogP contribution in [0.25, 0.3) is 0 Å². The van der Waals surface area contributed by atoms with E-state index in [2.05, 4.69) is 46.9 Å². The van der Waals surface area contributed by atoms with E-state index < -0.39 is 31.6 Å². The van der Waals surface area contributed by atoms with Gasteiger partial charge in [-0.2, -0.15) is 0 Å². The monoisotopic (exact) mass is 451 g/mol. The van der Waals surface area contributed by atoms with Crippen LogP contribution in [0, 0.1) is 24.4 Å². The predicted molar refractivity (Wildman–Crippen MR) is 122 cm³/mol. The summed E-state index contributed by atoms with van der Waals surface area (Å²) in [6.45, 7) is 14.1. The SMILES string of the molecule is Cc1ccc(Nc2c(C(=O)CO[Si](C(C)C)(C(C)C)C(C)C)ccc(F)c2F)c(F)c1. The van der Waals surface area contributed by atoms with Gasteiger partial charge in [0.15, 0.2) is 17.4 Å². The van der Waals surface area contributed by atoms with Crippen LogP contribution in [-0.2, 0) is 4.43 Å². The summed E-state index contributed by atoms with van der Waals surface area (Å²) >= 11 is 0. The number of benzene rings is 2. The minimum Gasteiger partial charge on any atom is -0.408 e. The van der Waals surface area contributed by atoms with Gasteiger partial charge in [-0.3, -0.25) is 4.79 Å². The van der Waals surface area contributed by atoms with E-state index in [0.29, 0.717) is 5.56 Å². The summed E-state index contributed by atoms with van der Waals surface area (Å²) < 4.78 is 49.2. The van der Waals surface area contributed by atoms with Crippen molar-refractivity contribution in [3.8, 4) is 0 Å². The molecule has 2 rings (SSSR count). The Morgan fingerprint density at radius 1 is 0.935 bits per heavy atom. The van der Waals surface area contributed by atoms with Crippen LogP contribution in [0.3, 0.4) is 0 Å². The molecule has 2 aromatic rings. The molecule has 0 atom stereocenters. The molecule has 0 aliphatic carbocycles. The van der Waals surface area contributed by atoms with Crippen molar-refractivity contribution in [3.05, 3.63) is 58.9 Å². The van der Waals surface area contributed by atoms with Gasteiger partial charge in [0.2, 0.25) is 8.32 Å². The molecule has 0 aliphatic rings. The van der Waals surface area contributed by atoms with Crippen molar-refractivity contribution >= 4 is 25.5 Å². The standard InChI is InChI=1S/C24H32F3NO2Si/c1-14(2)31(15(3)4,16(5)6)30-13-22(29)18-9-10-19(25)23(27)24(18)28-21-11-8-17(7)12-20(21)26/h8-12,14-16,28H,13H2,1-7H3. The molecule has 170 valence electrons. The van der Waals surface area contributed by atoms with Crippen molar-refractivity contribution in [3.63, 3.8) is 0 Å². The maximum Gasteiger partial charge on any atom is 0.201 e. The Labute approximate surface area is 184 Å². The smallest absolute Gasteiger partial charge is 0.201 e. The summed E-state index contributed by atoms with van der Waals surface area (Å²) in [6, 6.07) is 6.45. The van der Waals surface area contributed by atoms with Crippen molar-refractivity contribution in [1.82, 2.24) is 0 Å². The first-order valence-electron chi connectivity index (χ1n) is 10.6. The Bertz CT molecular complexity index is 923. The second kappa shape index (κ2) is 10.00. The van der Waals surface area contributed by atoms with E-state index in [1.807, 2.05) is 0 Å². The summed E-state index contributed by atoms with van der Waals surface area (Å²) in [5.74, 6) is -3.45. The van der Waals surface area contributed by atoms with E-state index in [-0.39, 0.29) is 40.2 Å². The first-order valence-corrected chi connectivity index (χ1v) is 12.7. The van der Waals surface area contributed by atoms with E-state index in [0.717, 1.165) is 6.07 Å². The lowest BCUT2D eigenvalue weighted by molar-refractivity contribution is 0.0908. The van der Waals surface area contributed by atoms with Crippen molar-refractivity contribution in [2.45, 2.75) is 65.1 Å². The molecule has 0 bridgehead atoms. The maximum absolute atomic E-state index is 14.6. The molecular formula is C24H32F3NO2Si. The summed E-state index contributed by atoms with van der Waals surface area (Å²) in [4.78, 5) is 13.0. The van der Waals surface area contributed by atoms with E-state index in [1.165, 1.54) is 18.2 Å². The number of Topliss-reactive ketones (excluding diaryl/α,β-unsaturated/α-hetero) is 1. The minimum absolute atomic E-state index is 0.0414. The number of nitrogens with one attached hydrogen (secondary N) is 1. The van der Waals surface area contributed by atoms with E-state index in [9.17, 15) is 18.0 Å². The highest BCUT2D eigenvalue weighted by Gasteiger charge is 2.45. The Kier molecular flexibility index (Phi) is 8.11. The van der Waals surface area contributed by atoms with Crippen LogP contribution in [-0.4, -0.2) is 20.7 Å². The molecule has 0 spiro atoms. The number of aryl methyl sites for hydroxylation is 1. The van der Waals surface area contributed by atoms with Gasteiger partial charge in [0, 0.05) is 5.56 Å². The fourth-order valence-electron chi connectivity index (χ4n) is 4.53. The van der Waals surface area contributed by atoms with Crippen LogP contribution in [0.2, 0.25) is 16.6 Å². The van der Waals surface area contributed by atoms with Gasteiger partial charge < -0.3 is 9.74 Å². The summed E-state index contributed by atoms with van der Waals surface area (Å²) in [5, 5.41) is 2.57. The molecule has 31 heavy (non-hydrogen) atoms. The first kappa shape index (κ1) is 25.1. The van der Waals surface area contributed by atoms with Crippen LogP contribution >= 0.6 is 0 Å². The Morgan fingerprint density at radius 3 is 2.03 bits per heavy atom. The first-order chi connectivity index (χ1) is 14.4. The summed E-state index contributed by atoms with van der Waals surface area (Å²) in [5.41, 5.74) is 0.990. The third-order valence-corrected chi connectivity index (χ3v) is 12.0. The summed E-state index contributed by atoms with van der Waals surface area (Å²) in [6.07, 6.45) is 0. The molecule has 2 aromatic carbocycles. The van der Waals surface area contributed by atoms with E-state index in [1.54, 1.807) is 13.0 Å². The molecule has 0 aromatic heterocycles. The Hall–Kier alpha value is -2.12. The maximum atomic E-state index is 14.6. The van der Waals surface area contributed by atoms with Crippen LogP contribution in [0.15, 0.2) is 30.3 Å². The van der Waals surface area contributed by atoms with Crippen LogP contribution in [0.4, 0.5) is 24.5 Å². The average molecular weight is 452 g/mol. The third-order valence-electron chi connectivity index (χ3n) is 5.94. The van der Waals surface area contributed by atoms with Gasteiger partial charge >= 0.3 is 0 Å². The molecule has 0 amide bonds. The lowest BCUT2D eigenvalue weighted by Gasteiger charge is -2.42. The molecule has 0 aliphatic heterocycles. The minimum atomic E-state index is -2.32. The number of carbonyl (C=O) groups is 1.